The summed E-state index contributed by atoms with van der Waals surface area (Å²) in [5.74, 6) is 0. The number of carbonyl (C=O) groups is 1. The molecule has 0 aromatic rings. The maximum Gasteiger partial charge on any atom is 0.315 e. The quantitative estimate of drug-likeness (QED) is 0.678. The molecular formula is C11H21N3O. The molecule has 1 aliphatic heterocycles. The zero-order chi connectivity index (χ0) is 11.1. The Labute approximate surface area is 91.4 Å². The number of amides is 2. The molecule has 2 amide bonds. The van der Waals surface area contributed by atoms with Crippen molar-refractivity contribution in [2.45, 2.75) is 43.7 Å². The SMILES string of the molecule is CN(C)C1(C)CCC2(CC1)CNC(=O)N2. The van der Waals surface area contributed by atoms with Crippen LogP contribution in [0.15, 0.2) is 0 Å². The van der Waals surface area contributed by atoms with Crippen LogP contribution in [0.1, 0.15) is 32.6 Å². The van der Waals surface area contributed by atoms with Crippen LogP contribution in [-0.4, -0.2) is 42.6 Å². The van der Waals surface area contributed by atoms with Gasteiger partial charge in [0.1, 0.15) is 0 Å². The molecule has 4 heteroatoms. The van der Waals surface area contributed by atoms with Crippen LogP contribution in [0.2, 0.25) is 0 Å². The summed E-state index contributed by atoms with van der Waals surface area (Å²) in [5.41, 5.74) is 0.352. The van der Waals surface area contributed by atoms with E-state index >= 15 is 0 Å². The second kappa shape index (κ2) is 3.37. The first-order chi connectivity index (χ1) is 6.96. The van der Waals surface area contributed by atoms with Crippen LogP contribution in [0.25, 0.3) is 0 Å². The van der Waals surface area contributed by atoms with E-state index in [2.05, 4.69) is 36.6 Å². The molecule has 2 N–H and O–H groups in total. The third kappa shape index (κ3) is 1.83. The van der Waals surface area contributed by atoms with E-state index in [-0.39, 0.29) is 11.6 Å². The highest BCUT2D eigenvalue weighted by Crippen LogP contribution is 2.38. The molecule has 0 bridgehead atoms. The lowest BCUT2D eigenvalue weighted by molar-refractivity contribution is 0.0839. The first kappa shape index (κ1) is 10.7. The fourth-order valence-electron chi connectivity index (χ4n) is 2.59. The van der Waals surface area contributed by atoms with Gasteiger partial charge in [0.2, 0.25) is 0 Å². The third-order valence-corrected chi connectivity index (χ3v) is 4.33. The Balaban J connectivity index is 2.00. The summed E-state index contributed by atoms with van der Waals surface area (Å²) < 4.78 is 0. The summed E-state index contributed by atoms with van der Waals surface area (Å²) >= 11 is 0. The van der Waals surface area contributed by atoms with E-state index in [9.17, 15) is 4.79 Å². The van der Waals surface area contributed by atoms with Gasteiger partial charge >= 0.3 is 6.03 Å². The number of rotatable bonds is 1. The van der Waals surface area contributed by atoms with E-state index in [1.807, 2.05) is 0 Å². The van der Waals surface area contributed by atoms with E-state index in [4.69, 9.17) is 0 Å². The molecule has 86 valence electrons. The Morgan fingerprint density at radius 1 is 1.20 bits per heavy atom. The fourth-order valence-corrected chi connectivity index (χ4v) is 2.59. The van der Waals surface area contributed by atoms with Gasteiger partial charge in [-0.2, -0.15) is 0 Å². The van der Waals surface area contributed by atoms with Crippen LogP contribution in [-0.2, 0) is 0 Å². The second-order valence-corrected chi connectivity index (χ2v) is 5.48. The van der Waals surface area contributed by atoms with Crippen molar-refractivity contribution in [2.75, 3.05) is 20.6 Å². The van der Waals surface area contributed by atoms with E-state index in [1.165, 1.54) is 0 Å². The van der Waals surface area contributed by atoms with Crippen molar-refractivity contribution in [1.29, 1.82) is 0 Å². The summed E-state index contributed by atoms with van der Waals surface area (Å²) in [6.07, 6.45) is 4.48. The molecule has 2 fully saturated rings. The van der Waals surface area contributed by atoms with Crippen molar-refractivity contribution < 1.29 is 4.79 Å². The molecular weight excluding hydrogens is 190 g/mol. The summed E-state index contributed by atoms with van der Waals surface area (Å²) in [4.78, 5) is 13.5. The standard InChI is InChI=1S/C11H21N3O/c1-10(14(2)3)4-6-11(7-5-10)8-12-9(15)13-11/h4-8H2,1-3H3,(H2,12,13,15). The van der Waals surface area contributed by atoms with E-state index in [1.54, 1.807) is 0 Å². The Morgan fingerprint density at radius 3 is 2.20 bits per heavy atom. The van der Waals surface area contributed by atoms with Gasteiger partial charge < -0.3 is 15.5 Å². The maximum atomic E-state index is 11.2. The average molecular weight is 211 g/mol. The number of hydrogen-bond acceptors (Lipinski definition) is 2. The molecule has 0 unspecified atom stereocenters. The van der Waals surface area contributed by atoms with Crippen molar-refractivity contribution in [1.82, 2.24) is 15.5 Å². The van der Waals surface area contributed by atoms with Gasteiger partial charge in [0, 0.05) is 12.1 Å². The number of urea groups is 1. The Hall–Kier alpha value is -0.770. The monoisotopic (exact) mass is 211 g/mol. The molecule has 1 spiro atoms. The Morgan fingerprint density at radius 2 is 1.80 bits per heavy atom. The molecule has 0 aromatic heterocycles. The molecule has 2 rings (SSSR count). The molecule has 1 aliphatic carbocycles. The highest BCUT2D eigenvalue weighted by atomic mass is 16.2. The summed E-state index contributed by atoms with van der Waals surface area (Å²) in [6.45, 7) is 3.11. The average Bonchev–Trinajstić information content (AvgIpc) is 2.54. The van der Waals surface area contributed by atoms with Crippen LogP contribution in [0, 0.1) is 0 Å². The summed E-state index contributed by atoms with van der Waals surface area (Å²) in [5, 5.41) is 5.95. The van der Waals surface area contributed by atoms with Crippen LogP contribution in [0.5, 0.6) is 0 Å². The smallest absolute Gasteiger partial charge is 0.315 e. The Kier molecular flexibility index (Phi) is 2.41. The molecule has 1 saturated heterocycles. The molecule has 2 aliphatic rings. The van der Waals surface area contributed by atoms with Crippen LogP contribution in [0.4, 0.5) is 4.79 Å². The summed E-state index contributed by atoms with van der Waals surface area (Å²) in [7, 11) is 4.28. The second-order valence-electron chi connectivity index (χ2n) is 5.48. The molecule has 1 saturated carbocycles. The van der Waals surface area contributed by atoms with E-state index in [0.29, 0.717) is 5.54 Å². The van der Waals surface area contributed by atoms with Gasteiger partial charge in [0.05, 0.1) is 5.54 Å². The highest BCUT2D eigenvalue weighted by Gasteiger charge is 2.44. The van der Waals surface area contributed by atoms with Crippen molar-refractivity contribution in [3.8, 4) is 0 Å². The van der Waals surface area contributed by atoms with Gasteiger partial charge in [0.15, 0.2) is 0 Å². The van der Waals surface area contributed by atoms with Gasteiger partial charge in [-0.15, -0.1) is 0 Å². The lowest BCUT2D eigenvalue weighted by atomic mass is 9.73. The van der Waals surface area contributed by atoms with Crippen molar-refractivity contribution in [3.05, 3.63) is 0 Å². The zero-order valence-corrected chi connectivity index (χ0v) is 9.89. The van der Waals surface area contributed by atoms with Crippen molar-refractivity contribution in [2.24, 2.45) is 0 Å². The highest BCUT2D eigenvalue weighted by molar-refractivity contribution is 5.77. The van der Waals surface area contributed by atoms with Crippen molar-refractivity contribution >= 4 is 6.03 Å². The molecule has 15 heavy (non-hydrogen) atoms. The summed E-state index contributed by atoms with van der Waals surface area (Å²) in [6, 6.07) is 0.00320. The van der Waals surface area contributed by atoms with Crippen LogP contribution >= 0.6 is 0 Å². The molecule has 0 atom stereocenters. The van der Waals surface area contributed by atoms with E-state index in [0.717, 1.165) is 32.2 Å². The number of nitrogens with one attached hydrogen (secondary N) is 2. The van der Waals surface area contributed by atoms with Gasteiger partial charge in [0.25, 0.3) is 0 Å². The normalized spacial score (nSPS) is 40.7. The third-order valence-electron chi connectivity index (χ3n) is 4.33. The van der Waals surface area contributed by atoms with Gasteiger partial charge in [-0.3, -0.25) is 0 Å². The molecule has 0 radical (unpaired) electrons. The minimum absolute atomic E-state index is 0.00320. The predicted molar refractivity (Wildman–Crippen MR) is 59.8 cm³/mol. The fraction of sp³-hybridized carbons (Fsp3) is 0.909. The molecule has 4 nitrogen and oxygen atoms in total. The lowest BCUT2D eigenvalue weighted by Gasteiger charge is -2.46. The van der Waals surface area contributed by atoms with Gasteiger partial charge in [-0.05, 0) is 46.7 Å². The minimum Gasteiger partial charge on any atom is -0.336 e. The first-order valence-corrected chi connectivity index (χ1v) is 5.69. The van der Waals surface area contributed by atoms with Crippen LogP contribution < -0.4 is 10.6 Å². The van der Waals surface area contributed by atoms with E-state index < -0.39 is 0 Å². The topological polar surface area (TPSA) is 44.4 Å². The first-order valence-electron chi connectivity index (χ1n) is 5.69. The minimum atomic E-state index is 0.00320. The van der Waals surface area contributed by atoms with Gasteiger partial charge in [-0.1, -0.05) is 0 Å². The number of nitrogens with zero attached hydrogens (tertiary/aromatic N) is 1. The number of carbonyl (C=O) groups excluding carboxylic acids is 1. The largest absolute Gasteiger partial charge is 0.336 e. The Bertz CT molecular complexity index is 267. The predicted octanol–water partition coefficient (Wildman–Crippen LogP) is 0.932. The molecule has 0 aromatic carbocycles. The maximum absolute atomic E-state index is 11.2. The number of hydrogen-bond donors (Lipinski definition) is 2. The lowest BCUT2D eigenvalue weighted by Crippen LogP contribution is -2.54. The zero-order valence-electron chi connectivity index (χ0n) is 9.89. The van der Waals surface area contributed by atoms with Crippen LogP contribution in [0.3, 0.4) is 0 Å². The van der Waals surface area contributed by atoms with Crippen molar-refractivity contribution in [3.63, 3.8) is 0 Å². The molecule has 1 heterocycles. The van der Waals surface area contributed by atoms with Gasteiger partial charge in [-0.25, -0.2) is 4.79 Å².